The van der Waals surface area contributed by atoms with Gasteiger partial charge in [0.25, 0.3) is 0 Å². The number of rotatable bonds is 8. The van der Waals surface area contributed by atoms with Crippen molar-refractivity contribution in [3.8, 4) is 23.0 Å². The molecule has 0 aliphatic rings. The van der Waals surface area contributed by atoms with Gasteiger partial charge in [-0.25, -0.2) is 0 Å². The fourth-order valence-corrected chi connectivity index (χ4v) is 2.37. The Morgan fingerprint density at radius 3 is 1.89 bits per heavy atom. The molecule has 0 saturated heterocycles. The van der Waals surface area contributed by atoms with Crippen molar-refractivity contribution in [2.45, 2.75) is 6.42 Å². The molecule has 0 radical (unpaired) electrons. The highest BCUT2D eigenvalue weighted by atomic mass is 16.5. The maximum atomic E-state index is 9.61. The molecule has 0 heterocycles. The smallest absolute Gasteiger partial charge is 0.161 e. The first-order valence-corrected chi connectivity index (χ1v) is 8.28. The molecule has 0 atom stereocenters. The van der Waals surface area contributed by atoms with Crippen LogP contribution in [0, 0.1) is 5.41 Å². The van der Waals surface area contributed by atoms with Gasteiger partial charge in [-0.2, -0.15) is 0 Å². The molecule has 5 heteroatoms. The van der Waals surface area contributed by atoms with Gasteiger partial charge in [0.1, 0.15) is 0 Å². The number of benzene rings is 2. The molecule has 0 amide bonds. The lowest BCUT2D eigenvalue weighted by atomic mass is 10.1. The molecule has 0 unspecified atom stereocenters. The van der Waals surface area contributed by atoms with E-state index in [4.69, 9.17) is 14.9 Å². The van der Waals surface area contributed by atoms with E-state index in [9.17, 15) is 10.2 Å². The monoisotopic (exact) mass is 365 g/mol. The quantitative estimate of drug-likeness (QED) is 0.463. The van der Waals surface area contributed by atoms with Crippen LogP contribution >= 0.6 is 0 Å². The second kappa shape index (κ2) is 9.29. The number of hydrogen-bond acceptors (Lipinski definition) is 5. The molecule has 0 bridgehead atoms. The third-order valence-corrected chi connectivity index (χ3v) is 3.81. The highest BCUT2D eigenvalue weighted by molar-refractivity contribution is 5.97. The molecule has 0 aliphatic carbocycles. The lowest BCUT2D eigenvalue weighted by molar-refractivity contribution is 0.373. The number of aromatic hydroxyl groups is 2. The molecule has 3 N–H and O–H groups in total. The summed E-state index contributed by atoms with van der Waals surface area (Å²) in [5.41, 5.74) is 2.87. The highest BCUT2D eigenvalue weighted by Crippen LogP contribution is 2.27. The van der Waals surface area contributed by atoms with Gasteiger partial charge in [-0.1, -0.05) is 36.9 Å². The van der Waals surface area contributed by atoms with Crippen molar-refractivity contribution in [3.05, 3.63) is 71.8 Å². The molecule has 0 saturated carbocycles. The molecule has 0 aliphatic heterocycles. The lowest BCUT2D eigenvalue weighted by Crippen LogP contribution is -1.92. The van der Waals surface area contributed by atoms with Gasteiger partial charge < -0.3 is 25.1 Å². The average Bonchev–Trinajstić information content (AvgIpc) is 2.66. The van der Waals surface area contributed by atoms with Gasteiger partial charge in [-0.3, -0.25) is 0 Å². The fourth-order valence-electron chi connectivity index (χ4n) is 2.37. The maximum absolute atomic E-state index is 9.61. The predicted octanol–water partition coefficient (Wildman–Crippen LogP) is 4.81. The predicted molar refractivity (Wildman–Crippen MR) is 109 cm³/mol. The summed E-state index contributed by atoms with van der Waals surface area (Å²) in [5, 5.41) is 27.3. The Morgan fingerprint density at radius 1 is 0.926 bits per heavy atom. The van der Waals surface area contributed by atoms with Gasteiger partial charge in [0.05, 0.1) is 14.2 Å². The van der Waals surface area contributed by atoms with E-state index in [1.54, 1.807) is 48.6 Å². The summed E-state index contributed by atoms with van der Waals surface area (Å²) in [6, 6.07) is 10.1. The zero-order chi connectivity index (χ0) is 19.8. The Bertz CT molecular complexity index is 824. The number of phenols is 2. The van der Waals surface area contributed by atoms with Crippen molar-refractivity contribution in [1.29, 1.82) is 5.41 Å². The van der Waals surface area contributed by atoms with Crippen LogP contribution in [0.1, 0.15) is 17.5 Å². The Labute approximate surface area is 159 Å². The van der Waals surface area contributed by atoms with Gasteiger partial charge in [0.2, 0.25) is 0 Å². The van der Waals surface area contributed by atoms with Gasteiger partial charge in [-0.05, 0) is 47.0 Å². The van der Waals surface area contributed by atoms with E-state index in [0.29, 0.717) is 23.6 Å². The highest BCUT2D eigenvalue weighted by Gasteiger charge is 2.02. The first-order valence-electron chi connectivity index (χ1n) is 8.28. The normalized spacial score (nSPS) is 11.0. The Hall–Kier alpha value is -3.47. The summed E-state index contributed by atoms with van der Waals surface area (Å²) in [7, 11) is 2.99. The van der Waals surface area contributed by atoms with Crippen LogP contribution in [0.4, 0.5) is 0 Å². The Balaban J connectivity index is 1.96. The summed E-state index contributed by atoms with van der Waals surface area (Å²) in [4.78, 5) is 0. The molecule has 0 fully saturated rings. The largest absolute Gasteiger partial charge is 0.504 e. The average molecular weight is 365 g/mol. The summed E-state index contributed by atoms with van der Waals surface area (Å²) < 4.78 is 10.2. The molecule has 2 rings (SSSR count). The number of phenolic OH excluding ortho intramolecular Hbond substituents is 2. The third kappa shape index (κ3) is 5.78. The van der Waals surface area contributed by atoms with Crippen LogP contribution in [-0.2, 0) is 0 Å². The van der Waals surface area contributed by atoms with E-state index < -0.39 is 0 Å². The maximum Gasteiger partial charge on any atom is 0.161 e. The second-order valence-electron chi connectivity index (χ2n) is 5.89. The van der Waals surface area contributed by atoms with E-state index >= 15 is 0 Å². The van der Waals surface area contributed by atoms with Crippen molar-refractivity contribution >= 4 is 17.9 Å². The van der Waals surface area contributed by atoms with E-state index in [0.717, 1.165) is 16.7 Å². The Morgan fingerprint density at radius 2 is 1.41 bits per heavy atom. The molecule has 2 aromatic rings. The van der Waals surface area contributed by atoms with E-state index in [1.807, 2.05) is 12.2 Å². The summed E-state index contributed by atoms with van der Waals surface area (Å²) in [6.45, 7) is 3.97. The SMILES string of the molecule is C=C(/C=C/c1ccc(O)c(OC)c1)CC(=N)/C=C/c1ccc(O)c(OC)c1. The van der Waals surface area contributed by atoms with Gasteiger partial charge in [-0.15, -0.1) is 0 Å². The summed E-state index contributed by atoms with van der Waals surface area (Å²) in [5.74, 6) is 0.962. The topological polar surface area (TPSA) is 82.8 Å². The lowest BCUT2D eigenvalue weighted by Gasteiger charge is -2.04. The number of ether oxygens (including phenoxy) is 2. The van der Waals surface area contributed by atoms with Gasteiger partial charge in [0, 0.05) is 12.1 Å². The minimum Gasteiger partial charge on any atom is -0.504 e. The van der Waals surface area contributed by atoms with Crippen LogP contribution in [0.5, 0.6) is 23.0 Å². The van der Waals surface area contributed by atoms with Gasteiger partial charge >= 0.3 is 0 Å². The van der Waals surface area contributed by atoms with E-state index in [2.05, 4.69) is 6.58 Å². The van der Waals surface area contributed by atoms with Crippen molar-refractivity contribution < 1.29 is 19.7 Å². The van der Waals surface area contributed by atoms with Crippen molar-refractivity contribution in [1.82, 2.24) is 0 Å². The van der Waals surface area contributed by atoms with Crippen molar-refractivity contribution in [2.75, 3.05) is 14.2 Å². The first kappa shape index (κ1) is 19.8. The summed E-state index contributed by atoms with van der Waals surface area (Å²) >= 11 is 0. The van der Waals surface area contributed by atoms with Crippen molar-refractivity contribution in [2.24, 2.45) is 0 Å². The van der Waals surface area contributed by atoms with Crippen LogP contribution < -0.4 is 9.47 Å². The van der Waals surface area contributed by atoms with Crippen LogP contribution in [0.25, 0.3) is 12.2 Å². The minimum absolute atomic E-state index is 0.0779. The van der Waals surface area contributed by atoms with E-state index in [1.165, 1.54) is 14.2 Å². The molecule has 2 aromatic carbocycles. The number of allylic oxidation sites excluding steroid dienone is 3. The fraction of sp³-hybridized carbons (Fsp3) is 0.136. The third-order valence-electron chi connectivity index (χ3n) is 3.81. The number of hydrogen-bond donors (Lipinski definition) is 3. The van der Waals surface area contributed by atoms with Crippen molar-refractivity contribution in [3.63, 3.8) is 0 Å². The second-order valence-corrected chi connectivity index (χ2v) is 5.89. The standard InChI is InChI=1S/C22H23NO4/c1-15(4-5-16-7-10-19(24)21(13-16)26-2)12-18(23)9-6-17-8-11-20(25)22(14-17)27-3/h4-11,13-14,23-25H,1,12H2,2-3H3/b5-4+,9-6+,23-18?. The molecule has 0 spiro atoms. The number of methoxy groups -OCH3 is 2. The van der Waals surface area contributed by atoms with Crippen LogP contribution in [0.15, 0.2) is 60.7 Å². The van der Waals surface area contributed by atoms with Crippen LogP contribution in [-0.4, -0.2) is 30.1 Å². The zero-order valence-electron chi connectivity index (χ0n) is 15.4. The first-order chi connectivity index (χ1) is 12.9. The minimum atomic E-state index is 0.0779. The van der Waals surface area contributed by atoms with Gasteiger partial charge in [0.15, 0.2) is 23.0 Å². The molecular formula is C22H23NO4. The van der Waals surface area contributed by atoms with Crippen LogP contribution in [0.3, 0.4) is 0 Å². The molecule has 27 heavy (non-hydrogen) atoms. The molecule has 5 nitrogen and oxygen atoms in total. The molecule has 140 valence electrons. The Kier molecular flexibility index (Phi) is 6.83. The van der Waals surface area contributed by atoms with E-state index in [-0.39, 0.29) is 11.5 Å². The van der Waals surface area contributed by atoms with Crippen LogP contribution in [0.2, 0.25) is 0 Å². The zero-order valence-corrected chi connectivity index (χ0v) is 15.4. The number of nitrogens with one attached hydrogen (secondary N) is 1. The molecule has 0 aromatic heterocycles. The summed E-state index contributed by atoms with van der Waals surface area (Å²) in [6.07, 6.45) is 7.56. The molecular weight excluding hydrogens is 342 g/mol.